The molecule has 13 heavy (non-hydrogen) atoms. The first-order valence-corrected chi connectivity index (χ1v) is 5.36. The highest BCUT2D eigenvalue weighted by molar-refractivity contribution is 9.10. The van der Waals surface area contributed by atoms with Crippen molar-refractivity contribution in [2.75, 3.05) is 0 Å². The summed E-state index contributed by atoms with van der Waals surface area (Å²) in [7, 11) is 0. The lowest BCUT2D eigenvalue weighted by atomic mass is 9.83. The Morgan fingerprint density at radius 2 is 2.38 bits per heavy atom. The molecule has 0 spiro atoms. The minimum Gasteiger partial charge on any atom is -0.389 e. The SMILES string of the molecule is OC1CCCC2=C1C(F)(Br)CC=C2. The molecular weight excluding hydrogens is 235 g/mol. The Hall–Kier alpha value is -0.150. The first-order valence-electron chi connectivity index (χ1n) is 4.57. The van der Waals surface area contributed by atoms with E-state index in [9.17, 15) is 9.50 Å². The second-order valence-electron chi connectivity index (χ2n) is 3.66. The molecule has 0 aromatic rings. The van der Waals surface area contributed by atoms with Crippen LogP contribution in [-0.2, 0) is 0 Å². The number of hydrogen-bond donors (Lipinski definition) is 1. The summed E-state index contributed by atoms with van der Waals surface area (Å²) in [6, 6.07) is 0. The highest BCUT2D eigenvalue weighted by atomic mass is 79.9. The van der Waals surface area contributed by atoms with E-state index in [2.05, 4.69) is 15.9 Å². The smallest absolute Gasteiger partial charge is 0.192 e. The number of aliphatic hydroxyl groups is 1. The quantitative estimate of drug-likeness (QED) is 0.652. The number of allylic oxidation sites excluding steroid dienone is 3. The molecule has 2 aliphatic rings. The van der Waals surface area contributed by atoms with Gasteiger partial charge < -0.3 is 5.11 Å². The third kappa shape index (κ3) is 1.59. The minimum atomic E-state index is -1.50. The summed E-state index contributed by atoms with van der Waals surface area (Å²) in [4.78, 5) is 0. The normalized spacial score (nSPS) is 39.2. The lowest BCUT2D eigenvalue weighted by Gasteiger charge is -2.33. The predicted molar refractivity (Wildman–Crippen MR) is 53.4 cm³/mol. The number of rotatable bonds is 0. The highest BCUT2D eigenvalue weighted by Gasteiger charge is 2.39. The van der Waals surface area contributed by atoms with Crippen molar-refractivity contribution in [2.24, 2.45) is 0 Å². The van der Waals surface area contributed by atoms with Crippen molar-refractivity contribution in [1.82, 2.24) is 0 Å². The topological polar surface area (TPSA) is 20.2 Å². The molecule has 0 radical (unpaired) electrons. The third-order valence-corrected chi connectivity index (χ3v) is 3.44. The van der Waals surface area contributed by atoms with Gasteiger partial charge in [0.15, 0.2) is 4.58 Å². The van der Waals surface area contributed by atoms with E-state index in [-0.39, 0.29) is 0 Å². The highest BCUT2D eigenvalue weighted by Crippen LogP contribution is 2.44. The second kappa shape index (κ2) is 3.21. The molecule has 0 saturated carbocycles. The van der Waals surface area contributed by atoms with Gasteiger partial charge in [0.25, 0.3) is 0 Å². The van der Waals surface area contributed by atoms with Crippen molar-refractivity contribution in [3.63, 3.8) is 0 Å². The molecule has 0 amide bonds. The molecule has 2 rings (SSSR count). The zero-order valence-electron chi connectivity index (χ0n) is 7.26. The zero-order chi connectivity index (χ0) is 9.47. The Morgan fingerprint density at radius 3 is 3.08 bits per heavy atom. The minimum absolute atomic E-state index is 0.322. The fourth-order valence-electron chi connectivity index (χ4n) is 2.09. The van der Waals surface area contributed by atoms with E-state index in [0.717, 1.165) is 18.4 Å². The van der Waals surface area contributed by atoms with Crippen molar-refractivity contribution >= 4 is 15.9 Å². The van der Waals surface area contributed by atoms with Crippen molar-refractivity contribution in [2.45, 2.75) is 36.4 Å². The number of hydrogen-bond acceptors (Lipinski definition) is 1. The largest absolute Gasteiger partial charge is 0.389 e. The van der Waals surface area contributed by atoms with Crippen molar-refractivity contribution in [3.05, 3.63) is 23.3 Å². The number of alkyl halides is 2. The average Bonchev–Trinajstić information content (AvgIpc) is 2.02. The summed E-state index contributed by atoms with van der Waals surface area (Å²) >= 11 is 3.04. The van der Waals surface area contributed by atoms with Gasteiger partial charge in [-0.1, -0.05) is 12.2 Å². The lowest BCUT2D eigenvalue weighted by Crippen LogP contribution is -2.31. The van der Waals surface area contributed by atoms with E-state index in [1.165, 1.54) is 0 Å². The molecule has 0 heterocycles. The van der Waals surface area contributed by atoms with Crippen LogP contribution in [0, 0.1) is 0 Å². The maximum atomic E-state index is 13.9. The standard InChI is InChI=1S/C10H12BrFO/c11-10(12)6-2-4-7-3-1-5-8(13)9(7)10/h2,4,8,13H,1,3,5-6H2. The Kier molecular flexibility index (Phi) is 2.32. The second-order valence-corrected chi connectivity index (χ2v) is 4.91. The molecule has 0 saturated heterocycles. The van der Waals surface area contributed by atoms with Crippen LogP contribution >= 0.6 is 15.9 Å². The summed E-state index contributed by atoms with van der Waals surface area (Å²) in [6.07, 6.45) is 6.01. The van der Waals surface area contributed by atoms with Crippen LogP contribution in [-0.4, -0.2) is 15.8 Å². The molecule has 1 nitrogen and oxygen atoms in total. The van der Waals surface area contributed by atoms with Gasteiger partial charge in [-0.15, -0.1) is 0 Å². The molecular formula is C10H12BrFO. The Morgan fingerprint density at radius 1 is 1.62 bits per heavy atom. The van der Waals surface area contributed by atoms with E-state index in [0.29, 0.717) is 18.4 Å². The first-order chi connectivity index (χ1) is 6.11. The van der Waals surface area contributed by atoms with Crippen molar-refractivity contribution < 1.29 is 9.50 Å². The Labute approximate surface area is 85.5 Å². The summed E-state index contributed by atoms with van der Waals surface area (Å²) in [5.74, 6) is 0. The summed E-state index contributed by atoms with van der Waals surface area (Å²) in [6.45, 7) is 0. The van der Waals surface area contributed by atoms with Gasteiger partial charge in [0.2, 0.25) is 0 Å². The predicted octanol–water partition coefficient (Wildman–Crippen LogP) is 2.85. The number of halogens is 2. The molecule has 2 aliphatic carbocycles. The van der Waals surface area contributed by atoms with E-state index in [1.54, 1.807) is 0 Å². The van der Waals surface area contributed by atoms with Crippen molar-refractivity contribution in [3.8, 4) is 0 Å². The molecule has 72 valence electrons. The van der Waals surface area contributed by atoms with Crippen LogP contribution in [0.25, 0.3) is 0 Å². The van der Waals surface area contributed by atoms with Crippen molar-refractivity contribution in [1.29, 1.82) is 0 Å². The third-order valence-electron chi connectivity index (χ3n) is 2.69. The molecule has 0 aromatic carbocycles. The van der Waals surface area contributed by atoms with Crippen LogP contribution in [0.2, 0.25) is 0 Å². The molecule has 3 heteroatoms. The van der Waals surface area contributed by atoms with Crippen LogP contribution in [0.3, 0.4) is 0 Å². The molecule has 1 N–H and O–H groups in total. The molecule has 2 unspecified atom stereocenters. The van der Waals surface area contributed by atoms with Gasteiger partial charge in [-0.2, -0.15) is 0 Å². The van der Waals surface area contributed by atoms with Crippen LogP contribution in [0.15, 0.2) is 23.3 Å². The summed E-state index contributed by atoms with van der Waals surface area (Å²) in [5.41, 5.74) is 1.53. The zero-order valence-corrected chi connectivity index (χ0v) is 8.85. The van der Waals surface area contributed by atoms with Crippen LogP contribution in [0.4, 0.5) is 4.39 Å². The maximum Gasteiger partial charge on any atom is 0.192 e. The summed E-state index contributed by atoms with van der Waals surface area (Å²) in [5, 5.41) is 9.68. The van der Waals surface area contributed by atoms with Gasteiger partial charge >= 0.3 is 0 Å². The van der Waals surface area contributed by atoms with Gasteiger partial charge in [-0.25, -0.2) is 4.39 Å². The van der Waals surface area contributed by atoms with E-state index in [1.807, 2.05) is 12.2 Å². The maximum absolute atomic E-state index is 13.9. The molecule has 0 bridgehead atoms. The average molecular weight is 247 g/mol. The Bertz CT molecular complexity index is 281. The van der Waals surface area contributed by atoms with Gasteiger partial charge in [0.1, 0.15) is 0 Å². The first kappa shape index (κ1) is 9.41. The van der Waals surface area contributed by atoms with E-state index < -0.39 is 10.7 Å². The van der Waals surface area contributed by atoms with Gasteiger partial charge in [-0.05, 0) is 40.8 Å². The van der Waals surface area contributed by atoms with E-state index in [4.69, 9.17) is 0 Å². The van der Waals surface area contributed by atoms with Gasteiger partial charge in [0.05, 0.1) is 6.10 Å². The fourth-order valence-corrected chi connectivity index (χ4v) is 2.80. The van der Waals surface area contributed by atoms with E-state index >= 15 is 0 Å². The monoisotopic (exact) mass is 246 g/mol. The van der Waals surface area contributed by atoms with Crippen LogP contribution in [0.1, 0.15) is 25.7 Å². The van der Waals surface area contributed by atoms with Crippen LogP contribution in [0.5, 0.6) is 0 Å². The fraction of sp³-hybridized carbons (Fsp3) is 0.600. The molecule has 0 fully saturated rings. The lowest BCUT2D eigenvalue weighted by molar-refractivity contribution is 0.157. The van der Waals surface area contributed by atoms with Gasteiger partial charge in [0, 0.05) is 12.0 Å². The van der Waals surface area contributed by atoms with Crippen LogP contribution < -0.4 is 0 Å². The molecule has 0 aliphatic heterocycles. The summed E-state index contributed by atoms with van der Waals surface area (Å²) < 4.78 is 12.4. The number of aliphatic hydroxyl groups excluding tert-OH is 1. The molecule has 0 aromatic heterocycles. The molecule has 2 atom stereocenters. The Balaban J connectivity index is 2.42. The van der Waals surface area contributed by atoms with Gasteiger partial charge in [-0.3, -0.25) is 0 Å².